The summed E-state index contributed by atoms with van der Waals surface area (Å²) in [6, 6.07) is 11.5. The van der Waals surface area contributed by atoms with E-state index in [0.29, 0.717) is 31.5 Å². The van der Waals surface area contributed by atoms with Gasteiger partial charge in [0.05, 0.1) is 29.0 Å². The van der Waals surface area contributed by atoms with Crippen molar-refractivity contribution in [3.8, 4) is 11.3 Å². The molecule has 1 saturated heterocycles. The first-order valence-corrected chi connectivity index (χ1v) is 12.8. The fraction of sp³-hybridized carbons (Fsp3) is 0.370. The number of hydrogen-bond acceptors (Lipinski definition) is 8. The number of hydrogen-bond donors (Lipinski definition) is 2. The van der Waals surface area contributed by atoms with Crippen molar-refractivity contribution in [3.63, 3.8) is 0 Å². The van der Waals surface area contributed by atoms with E-state index < -0.39 is 18.5 Å². The fourth-order valence-electron chi connectivity index (χ4n) is 4.76. The maximum absolute atomic E-state index is 12.6. The van der Waals surface area contributed by atoms with Gasteiger partial charge in [-0.2, -0.15) is 13.2 Å². The van der Waals surface area contributed by atoms with E-state index in [2.05, 4.69) is 35.1 Å². The molecule has 40 heavy (non-hydrogen) atoms. The number of benzene rings is 1. The van der Waals surface area contributed by atoms with Gasteiger partial charge in [-0.3, -0.25) is 9.69 Å². The Kier molecular flexibility index (Phi) is 7.94. The van der Waals surface area contributed by atoms with Crippen LogP contribution in [0.15, 0.2) is 48.9 Å². The Hall–Kier alpha value is -4.10. The zero-order valence-corrected chi connectivity index (χ0v) is 22.1. The van der Waals surface area contributed by atoms with Crippen LogP contribution in [0.4, 0.5) is 24.9 Å². The number of anilines is 2. The number of aromatic amines is 1. The number of amides is 1. The highest BCUT2D eigenvalue weighted by Gasteiger charge is 2.35. The monoisotopic (exact) mass is 554 g/mol. The van der Waals surface area contributed by atoms with Crippen LogP contribution in [0.25, 0.3) is 22.3 Å². The van der Waals surface area contributed by atoms with Crippen molar-refractivity contribution in [2.45, 2.75) is 32.2 Å². The Morgan fingerprint density at radius 2 is 1.90 bits per heavy atom. The van der Waals surface area contributed by atoms with Crippen LogP contribution in [0.3, 0.4) is 0 Å². The zero-order chi connectivity index (χ0) is 28.3. The van der Waals surface area contributed by atoms with Gasteiger partial charge in [-0.25, -0.2) is 19.9 Å². The molecule has 1 amide bonds. The zero-order valence-electron chi connectivity index (χ0n) is 22.1. The molecule has 0 spiro atoms. The molecule has 0 radical (unpaired) electrons. The number of fused-ring (bicyclic) bond motifs is 1. The van der Waals surface area contributed by atoms with Gasteiger partial charge in [0.1, 0.15) is 18.6 Å². The molecule has 10 nitrogen and oxygen atoms in total. The average Bonchev–Trinajstić information content (AvgIpc) is 3.34. The summed E-state index contributed by atoms with van der Waals surface area (Å²) in [6.07, 6.45) is -2.69. The van der Waals surface area contributed by atoms with Gasteiger partial charge in [0.2, 0.25) is 11.9 Å². The number of carbonyl (C=O) groups excluding carboxylic acids is 1. The number of alkyl halides is 3. The van der Waals surface area contributed by atoms with Gasteiger partial charge in [-0.1, -0.05) is 6.07 Å². The summed E-state index contributed by atoms with van der Waals surface area (Å²) in [6.45, 7) is 3.93. The first-order chi connectivity index (χ1) is 19.2. The predicted molar refractivity (Wildman–Crippen MR) is 143 cm³/mol. The van der Waals surface area contributed by atoms with Crippen LogP contribution in [-0.2, 0) is 16.1 Å². The third-order valence-corrected chi connectivity index (χ3v) is 6.87. The summed E-state index contributed by atoms with van der Waals surface area (Å²) < 4.78 is 42.9. The van der Waals surface area contributed by atoms with Gasteiger partial charge in [0.15, 0.2) is 0 Å². The van der Waals surface area contributed by atoms with Crippen molar-refractivity contribution >= 4 is 28.7 Å². The molecule has 0 unspecified atom stereocenters. The smallest absolute Gasteiger partial charge is 0.378 e. The lowest BCUT2D eigenvalue weighted by Gasteiger charge is -2.38. The second kappa shape index (κ2) is 11.6. The van der Waals surface area contributed by atoms with E-state index in [1.165, 1.54) is 11.2 Å². The maximum Gasteiger partial charge on any atom is 0.397 e. The van der Waals surface area contributed by atoms with Gasteiger partial charge in [-0.15, -0.1) is 0 Å². The molecule has 1 aromatic carbocycles. The van der Waals surface area contributed by atoms with E-state index in [4.69, 9.17) is 4.74 Å². The minimum Gasteiger partial charge on any atom is -0.378 e. The number of ether oxygens (including phenoxy) is 1. The van der Waals surface area contributed by atoms with Gasteiger partial charge in [0.25, 0.3) is 0 Å². The lowest BCUT2D eigenvalue weighted by Crippen LogP contribution is -2.50. The van der Waals surface area contributed by atoms with E-state index >= 15 is 0 Å². The van der Waals surface area contributed by atoms with Crippen LogP contribution < -0.4 is 5.32 Å². The van der Waals surface area contributed by atoms with Crippen LogP contribution in [0, 0.1) is 0 Å². The summed E-state index contributed by atoms with van der Waals surface area (Å²) in [7, 11) is 1.62. The molecular weight excluding hydrogens is 525 g/mol. The summed E-state index contributed by atoms with van der Waals surface area (Å²) >= 11 is 0. The highest BCUT2D eigenvalue weighted by atomic mass is 19.4. The number of rotatable bonds is 8. The number of imidazole rings is 1. The molecule has 13 heteroatoms. The molecule has 4 aromatic rings. The van der Waals surface area contributed by atoms with E-state index in [1.807, 2.05) is 43.3 Å². The highest BCUT2D eigenvalue weighted by molar-refractivity contribution is 5.83. The molecular formula is C27H29F3N8O2. The van der Waals surface area contributed by atoms with Crippen molar-refractivity contribution in [2.24, 2.45) is 0 Å². The summed E-state index contributed by atoms with van der Waals surface area (Å²) in [5.41, 5.74) is 5.07. The normalized spacial score (nSPS) is 15.4. The minimum absolute atomic E-state index is 0.0162. The Balaban J connectivity index is 1.24. The molecule has 1 atom stereocenters. The van der Waals surface area contributed by atoms with Crippen molar-refractivity contribution in [2.75, 3.05) is 38.6 Å². The number of carbonyl (C=O) groups is 1. The minimum atomic E-state index is -4.49. The topological polar surface area (TPSA) is 112 Å². The average molecular weight is 555 g/mol. The number of methoxy groups -OCH3 is 1. The lowest BCUT2D eigenvalue weighted by molar-refractivity contribution is -0.162. The van der Waals surface area contributed by atoms with Crippen molar-refractivity contribution < 1.29 is 22.7 Å². The van der Waals surface area contributed by atoms with Gasteiger partial charge < -0.3 is 19.9 Å². The molecule has 1 aliphatic heterocycles. The van der Waals surface area contributed by atoms with Crippen LogP contribution in [0.2, 0.25) is 0 Å². The fourth-order valence-corrected chi connectivity index (χ4v) is 4.76. The largest absolute Gasteiger partial charge is 0.397 e. The Labute approximate surface area is 228 Å². The number of piperazine rings is 1. The second-order valence-electron chi connectivity index (χ2n) is 9.63. The molecule has 210 valence electrons. The highest BCUT2D eigenvalue weighted by Crippen LogP contribution is 2.27. The molecule has 0 bridgehead atoms. The van der Waals surface area contributed by atoms with E-state index in [9.17, 15) is 18.0 Å². The van der Waals surface area contributed by atoms with Gasteiger partial charge in [0, 0.05) is 51.1 Å². The van der Waals surface area contributed by atoms with Crippen LogP contribution in [0.1, 0.15) is 30.6 Å². The van der Waals surface area contributed by atoms with Gasteiger partial charge in [-0.05, 0) is 42.8 Å². The lowest BCUT2D eigenvalue weighted by atomic mass is 10.1. The van der Waals surface area contributed by atoms with E-state index in [0.717, 1.165) is 33.5 Å². The molecule has 4 heterocycles. The molecule has 3 aromatic heterocycles. The van der Waals surface area contributed by atoms with E-state index in [-0.39, 0.29) is 19.1 Å². The molecule has 0 saturated carbocycles. The first kappa shape index (κ1) is 27.5. The van der Waals surface area contributed by atoms with Crippen LogP contribution in [0.5, 0.6) is 0 Å². The summed E-state index contributed by atoms with van der Waals surface area (Å²) in [5.74, 6) is 0.257. The number of pyridine rings is 1. The summed E-state index contributed by atoms with van der Waals surface area (Å²) in [5, 5.41) is 3.22. The molecule has 5 rings (SSSR count). The number of H-pyrrole nitrogens is 1. The quantitative estimate of drug-likeness (QED) is 0.328. The molecule has 1 fully saturated rings. The Morgan fingerprint density at radius 3 is 2.65 bits per heavy atom. The second-order valence-corrected chi connectivity index (χ2v) is 9.63. The van der Waals surface area contributed by atoms with Gasteiger partial charge >= 0.3 is 6.18 Å². The van der Waals surface area contributed by atoms with Crippen molar-refractivity contribution in [1.29, 1.82) is 0 Å². The SMILES string of the molecule is COCc1cc(-c2ccc3nc(Nc4cc([C@@H](C)N5CCN(C(=O)CC(F)(F)F)CC5)ccn4)[nH]c3c2)ncn1. The molecule has 1 aliphatic rings. The number of nitrogens with zero attached hydrogens (tertiary/aromatic N) is 6. The summed E-state index contributed by atoms with van der Waals surface area (Å²) in [4.78, 5) is 36.2. The van der Waals surface area contributed by atoms with Crippen molar-refractivity contribution in [3.05, 3.63) is 60.2 Å². The molecule has 0 aliphatic carbocycles. The number of halogens is 3. The molecule has 2 N–H and O–H groups in total. The Bertz CT molecular complexity index is 1480. The van der Waals surface area contributed by atoms with E-state index in [1.54, 1.807) is 13.3 Å². The maximum atomic E-state index is 12.6. The van der Waals surface area contributed by atoms with Crippen LogP contribution in [-0.4, -0.2) is 80.1 Å². The third-order valence-electron chi connectivity index (χ3n) is 6.87. The predicted octanol–water partition coefficient (Wildman–Crippen LogP) is 4.46. The van der Waals surface area contributed by atoms with Crippen LogP contribution >= 0.6 is 0 Å². The first-order valence-electron chi connectivity index (χ1n) is 12.8. The standard InChI is InChI=1S/C27H29F3N8O2/c1-17(37-7-9-38(10-8-37)25(39)14-27(28,29)30)18-5-6-31-24(12-18)36-26-34-21-4-3-19(11-23(21)35-26)22-13-20(15-40-2)32-16-33-22/h3-6,11-13,16-17H,7-10,14-15H2,1-2H3,(H2,31,34,35,36)/t17-/m1/s1. The van der Waals surface area contributed by atoms with Crippen molar-refractivity contribution in [1.82, 2.24) is 34.7 Å². The number of nitrogens with one attached hydrogen (secondary N) is 2. The number of aromatic nitrogens is 5. The Morgan fingerprint density at radius 1 is 1.10 bits per heavy atom. The third kappa shape index (κ3) is 6.54.